The lowest BCUT2D eigenvalue weighted by atomic mass is 10.1. The molecule has 0 aromatic heterocycles. The van der Waals surface area contributed by atoms with E-state index in [1.54, 1.807) is 0 Å². The summed E-state index contributed by atoms with van der Waals surface area (Å²) in [4.78, 5) is 20.7. The van der Waals surface area contributed by atoms with E-state index in [0.29, 0.717) is 0 Å². The van der Waals surface area contributed by atoms with Crippen molar-refractivity contribution >= 4 is 11.6 Å². The van der Waals surface area contributed by atoms with E-state index in [2.05, 4.69) is 0 Å². The van der Waals surface area contributed by atoms with E-state index in [0.717, 1.165) is 6.92 Å². The van der Waals surface area contributed by atoms with Crippen molar-refractivity contribution in [3.05, 3.63) is 39.4 Å². The Labute approximate surface area is 114 Å². The van der Waals surface area contributed by atoms with Crippen molar-refractivity contribution in [1.29, 1.82) is 0 Å². The zero-order valence-electron chi connectivity index (χ0n) is 10.5. The standard InChI is InChI=1S/C11H9F5N2O3/c1-5(4-11(14,15)16)17-10(19)6-2-8(13)9(18(20)21)3-7(6)12/h2-3,5H,4H2,1H3,(H,17,19). The third-order valence-corrected chi connectivity index (χ3v) is 2.39. The van der Waals surface area contributed by atoms with Gasteiger partial charge in [0.2, 0.25) is 5.82 Å². The van der Waals surface area contributed by atoms with Crippen molar-refractivity contribution in [2.45, 2.75) is 25.6 Å². The van der Waals surface area contributed by atoms with Gasteiger partial charge in [0, 0.05) is 6.04 Å². The van der Waals surface area contributed by atoms with E-state index in [1.165, 1.54) is 0 Å². The Morgan fingerprint density at radius 3 is 2.38 bits per heavy atom. The van der Waals surface area contributed by atoms with Gasteiger partial charge in [-0.05, 0) is 13.0 Å². The highest BCUT2D eigenvalue weighted by Crippen LogP contribution is 2.23. The molecule has 0 spiro atoms. The summed E-state index contributed by atoms with van der Waals surface area (Å²) in [6.45, 7) is 1.03. The van der Waals surface area contributed by atoms with Crippen molar-refractivity contribution in [3.8, 4) is 0 Å². The molecule has 1 aromatic rings. The molecule has 0 saturated heterocycles. The maximum Gasteiger partial charge on any atom is 0.391 e. The number of carbonyl (C=O) groups is 1. The molecule has 1 atom stereocenters. The second-order valence-corrected chi connectivity index (χ2v) is 4.23. The largest absolute Gasteiger partial charge is 0.391 e. The zero-order chi connectivity index (χ0) is 16.4. The number of benzene rings is 1. The number of alkyl halides is 3. The van der Waals surface area contributed by atoms with Crippen LogP contribution in [0.3, 0.4) is 0 Å². The molecule has 1 N–H and O–H groups in total. The maximum absolute atomic E-state index is 13.5. The first-order chi connectivity index (χ1) is 9.51. The first kappa shape index (κ1) is 16.8. The Morgan fingerprint density at radius 1 is 1.33 bits per heavy atom. The number of rotatable bonds is 4. The number of carbonyl (C=O) groups excluding carboxylic acids is 1. The summed E-state index contributed by atoms with van der Waals surface area (Å²) < 4.78 is 63.0. The minimum absolute atomic E-state index is 0.193. The molecule has 116 valence electrons. The first-order valence-corrected chi connectivity index (χ1v) is 5.52. The molecule has 1 unspecified atom stereocenters. The Bertz CT molecular complexity index is 574. The number of nitro groups is 1. The third kappa shape index (κ3) is 4.65. The van der Waals surface area contributed by atoms with Crippen LogP contribution in [-0.4, -0.2) is 23.0 Å². The third-order valence-electron chi connectivity index (χ3n) is 2.39. The normalized spacial score (nSPS) is 12.9. The summed E-state index contributed by atoms with van der Waals surface area (Å²) in [6, 6.07) is -0.905. The van der Waals surface area contributed by atoms with Crippen molar-refractivity contribution in [1.82, 2.24) is 5.32 Å². The van der Waals surface area contributed by atoms with Gasteiger partial charge in [-0.3, -0.25) is 14.9 Å². The maximum atomic E-state index is 13.5. The van der Waals surface area contributed by atoms with Gasteiger partial charge in [0.15, 0.2) is 0 Å². The molecule has 0 bridgehead atoms. The van der Waals surface area contributed by atoms with Crippen LogP contribution >= 0.6 is 0 Å². The molecule has 0 heterocycles. The van der Waals surface area contributed by atoms with Gasteiger partial charge in [-0.2, -0.15) is 17.6 Å². The highest BCUT2D eigenvalue weighted by molar-refractivity contribution is 5.94. The zero-order valence-corrected chi connectivity index (χ0v) is 10.5. The van der Waals surface area contributed by atoms with E-state index in [-0.39, 0.29) is 12.1 Å². The van der Waals surface area contributed by atoms with Crippen LogP contribution in [0.2, 0.25) is 0 Å². The predicted octanol–water partition coefficient (Wildman–Crippen LogP) is 2.94. The van der Waals surface area contributed by atoms with Gasteiger partial charge < -0.3 is 5.32 Å². The van der Waals surface area contributed by atoms with Crippen LogP contribution in [0, 0.1) is 21.7 Å². The number of nitrogens with zero attached hydrogens (tertiary/aromatic N) is 1. The highest BCUT2D eigenvalue weighted by atomic mass is 19.4. The van der Waals surface area contributed by atoms with Crippen LogP contribution in [0.15, 0.2) is 12.1 Å². The number of hydrogen-bond acceptors (Lipinski definition) is 3. The second-order valence-electron chi connectivity index (χ2n) is 4.23. The number of hydrogen-bond donors (Lipinski definition) is 1. The lowest BCUT2D eigenvalue weighted by Gasteiger charge is -2.16. The van der Waals surface area contributed by atoms with Crippen molar-refractivity contribution < 1.29 is 31.7 Å². The van der Waals surface area contributed by atoms with Crippen LogP contribution in [-0.2, 0) is 0 Å². The summed E-state index contributed by atoms with van der Waals surface area (Å²) in [6.07, 6.45) is -5.89. The number of amides is 1. The van der Waals surface area contributed by atoms with Gasteiger partial charge in [-0.1, -0.05) is 0 Å². The number of nitro benzene ring substituents is 1. The van der Waals surface area contributed by atoms with E-state index in [1.807, 2.05) is 5.32 Å². The molecule has 21 heavy (non-hydrogen) atoms. The number of nitrogens with one attached hydrogen (secondary N) is 1. The van der Waals surface area contributed by atoms with Crippen LogP contribution in [0.4, 0.5) is 27.6 Å². The van der Waals surface area contributed by atoms with E-state index >= 15 is 0 Å². The van der Waals surface area contributed by atoms with E-state index in [9.17, 15) is 36.9 Å². The first-order valence-electron chi connectivity index (χ1n) is 5.52. The lowest BCUT2D eigenvalue weighted by molar-refractivity contribution is -0.387. The van der Waals surface area contributed by atoms with Gasteiger partial charge in [-0.15, -0.1) is 0 Å². The summed E-state index contributed by atoms with van der Waals surface area (Å²) in [5.41, 5.74) is -2.08. The molecule has 1 amide bonds. The lowest BCUT2D eigenvalue weighted by Crippen LogP contribution is -2.36. The molecule has 0 aliphatic heterocycles. The monoisotopic (exact) mass is 312 g/mol. The quantitative estimate of drug-likeness (QED) is 0.528. The van der Waals surface area contributed by atoms with Gasteiger partial charge in [0.1, 0.15) is 5.82 Å². The molecule has 0 radical (unpaired) electrons. The molecule has 0 fully saturated rings. The van der Waals surface area contributed by atoms with Gasteiger partial charge in [0.05, 0.1) is 23.0 Å². The summed E-state index contributed by atoms with van der Waals surface area (Å²) in [5, 5.41) is 12.2. The van der Waals surface area contributed by atoms with Gasteiger partial charge in [-0.25, -0.2) is 4.39 Å². The minimum atomic E-state index is -4.54. The van der Waals surface area contributed by atoms with Crippen LogP contribution in [0.5, 0.6) is 0 Å². The molecular weight excluding hydrogens is 303 g/mol. The molecule has 1 rings (SSSR count). The average Bonchev–Trinajstić information content (AvgIpc) is 2.28. The van der Waals surface area contributed by atoms with Gasteiger partial charge >= 0.3 is 11.9 Å². The number of halogens is 5. The molecule has 0 aliphatic rings. The minimum Gasteiger partial charge on any atom is -0.349 e. The summed E-state index contributed by atoms with van der Waals surface area (Å²) >= 11 is 0. The average molecular weight is 312 g/mol. The molecule has 0 aliphatic carbocycles. The highest BCUT2D eigenvalue weighted by Gasteiger charge is 2.31. The fourth-order valence-electron chi connectivity index (χ4n) is 1.55. The molecule has 0 saturated carbocycles. The van der Waals surface area contributed by atoms with Crippen molar-refractivity contribution in [2.24, 2.45) is 0 Å². The molecule has 1 aromatic carbocycles. The Morgan fingerprint density at radius 2 is 1.90 bits per heavy atom. The summed E-state index contributed by atoms with van der Waals surface area (Å²) in [7, 11) is 0. The van der Waals surface area contributed by atoms with E-state index in [4.69, 9.17) is 0 Å². The molecular formula is C11H9F5N2O3. The summed E-state index contributed by atoms with van der Waals surface area (Å²) in [5.74, 6) is -4.16. The van der Waals surface area contributed by atoms with E-state index < -0.39 is 52.4 Å². The molecule has 10 heteroatoms. The fourth-order valence-corrected chi connectivity index (χ4v) is 1.55. The SMILES string of the molecule is CC(CC(F)(F)F)NC(=O)c1cc(F)c([N+](=O)[O-])cc1F. The van der Waals surface area contributed by atoms with Crippen molar-refractivity contribution in [2.75, 3.05) is 0 Å². The fraction of sp³-hybridized carbons (Fsp3) is 0.364. The Balaban J connectivity index is 2.94. The smallest absolute Gasteiger partial charge is 0.349 e. The topological polar surface area (TPSA) is 72.2 Å². The van der Waals surface area contributed by atoms with Crippen LogP contribution in [0.25, 0.3) is 0 Å². The second kappa shape index (κ2) is 6.02. The Hall–Kier alpha value is -2.26. The Kier molecular flexibility index (Phi) is 4.81. The van der Waals surface area contributed by atoms with Crippen molar-refractivity contribution in [3.63, 3.8) is 0 Å². The van der Waals surface area contributed by atoms with Crippen LogP contribution < -0.4 is 5.32 Å². The predicted molar refractivity (Wildman–Crippen MR) is 60.6 cm³/mol. The van der Waals surface area contributed by atoms with Gasteiger partial charge in [0.25, 0.3) is 5.91 Å². The molecule has 5 nitrogen and oxygen atoms in total. The van der Waals surface area contributed by atoms with Crippen LogP contribution in [0.1, 0.15) is 23.7 Å².